The van der Waals surface area contributed by atoms with Gasteiger partial charge in [-0.3, -0.25) is 0 Å². The van der Waals surface area contributed by atoms with E-state index in [0.717, 1.165) is 18.5 Å². The Balaban J connectivity index is 1.59. The van der Waals surface area contributed by atoms with Gasteiger partial charge in [0, 0.05) is 43.8 Å². The van der Waals surface area contributed by atoms with Crippen LogP contribution in [-0.4, -0.2) is 35.9 Å². The summed E-state index contributed by atoms with van der Waals surface area (Å²) < 4.78 is 40.5. The first-order chi connectivity index (χ1) is 12.4. The van der Waals surface area contributed by atoms with Crippen molar-refractivity contribution in [2.24, 2.45) is 0 Å². The molecule has 1 aromatic rings. The van der Waals surface area contributed by atoms with Crippen LogP contribution < -0.4 is 10.1 Å². The van der Waals surface area contributed by atoms with Crippen molar-refractivity contribution in [1.82, 2.24) is 9.80 Å². The lowest BCUT2D eigenvalue weighted by atomic mass is 10.0. The number of alkyl halides is 3. The molecule has 0 aliphatic carbocycles. The second kappa shape index (κ2) is 7.35. The first-order valence-electron chi connectivity index (χ1n) is 8.56. The summed E-state index contributed by atoms with van der Waals surface area (Å²) in [4.78, 5) is 4.41. The molecule has 0 aromatic heterocycles. The molecule has 4 nitrogen and oxygen atoms in total. The Morgan fingerprint density at radius 1 is 1.15 bits per heavy atom. The third-order valence-corrected chi connectivity index (χ3v) is 4.48. The minimum absolute atomic E-state index is 0.218. The fourth-order valence-corrected chi connectivity index (χ4v) is 3.20. The Morgan fingerprint density at radius 3 is 2.54 bits per heavy atom. The van der Waals surface area contributed by atoms with E-state index in [1.54, 1.807) is 12.1 Å². The van der Waals surface area contributed by atoms with Gasteiger partial charge in [0.2, 0.25) is 0 Å². The average molecular weight is 365 g/mol. The van der Waals surface area contributed by atoms with E-state index in [1.165, 1.54) is 23.4 Å². The molecule has 2 heterocycles. The number of allylic oxidation sites excluding steroid dienone is 2. The van der Waals surface area contributed by atoms with Gasteiger partial charge in [-0.25, -0.2) is 0 Å². The summed E-state index contributed by atoms with van der Waals surface area (Å²) in [6.45, 7) is 2.82. The molecule has 0 spiro atoms. The van der Waals surface area contributed by atoms with Crippen molar-refractivity contribution in [2.45, 2.75) is 32.3 Å². The number of benzene rings is 1. The third-order valence-electron chi connectivity index (χ3n) is 4.48. The van der Waals surface area contributed by atoms with Gasteiger partial charge in [0.05, 0.1) is 0 Å². The SMILES string of the molecule is CCC1=C(CCNc2ccc(OC(F)(F)F)cc2)N2C=CN(C)C2C=C1. The van der Waals surface area contributed by atoms with E-state index >= 15 is 0 Å². The van der Waals surface area contributed by atoms with E-state index in [4.69, 9.17) is 0 Å². The number of rotatable bonds is 6. The molecule has 0 radical (unpaired) electrons. The van der Waals surface area contributed by atoms with Gasteiger partial charge >= 0.3 is 6.36 Å². The van der Waals surface area contributed by atoms with Crippen LogP contribution in [0.1, 0.15) is 19.8 Å². The van der Waals surface area contributed by atoms with E-state index in [0.29, 0.717) is 6.54 Å². The second-order valence-electron chi connectivity index (χ2n) is 6.22. The van der Waals surface area contributed by atoms with Crippen molar-refractivity contribution >= 4 is 5.69 Å². The van der Waals surface area contributed by atoms with E-state index in [1.807, 2.05) is 7.05 Å². The summed E-state index contributed by atoms with van der Waals surface area (Å²) in [7, 11) is 2.04. The fraction of sp³-hybridized carbons (Fsp3) is 0.368. The minimum Gasteiger partial charge on any atom is -0.406 e. The van der Waals surface area contributed by atoms with Crippen molar-refractivity contribution in [2.75, 3.05) is 18.9 Å². The maximum Gasteiger partial charge on any atom is 0.573 e. The molecule has 1 atom stereocenters. The number of anilines is 1. The molecule has 0 fully saturated rings. The Bertz CT molecular complexity index is 723. The maximum absolute atomic E-state index is 12.2. The lowest BCUT2D eigenvalue weighted by Crippen LogP contribution is -2.37. The van der Waals surface area contributed by atoms with Crippen LogP contribution in [0.4, 0.5) is 18.9 Å². The average Bonchev–Trinajstić information content (AvgIpc) is 2.97. The molecule has 1 unspecified atom stereocenters. The molecule has 2 aliphatic heterocycles. The molecule has 0 saturated heterocycles. The lowest BCUT2D eigenvalue weighted by molar-refractivity contribution is -0.274. The van der Waals surface area contributed by atoms with Gasteiger partial charge in [-0.2, -0.15) is 0 Å². The summed E-state index contributed by atoms with van der Waals surface area (Å²) in [6, 6.07) is 5.79. The molecule has 3 rings (SSSR count). The molecule has 140 valence electrons. The Kier molecular flexibility index (Phi) is 5.15. The zero-order valence-corrected chi connectivity index (χ0v) is 14.8. The largest absolute Gasteiger partial charge is 0.573 e. The topological polar surface area (TPSA) is 27.7 Å². The highest BCUT2D eigenvalue weighted by atomic mass is 19.4. The van der Waals surface area contributed by atoms with Crippen molar-refractivity contribution in [3.05, 3.63) is 60.1 Å². The van der Waals surface area contributed by atoms with E-state index < -0.39 is 6.36 Å². The van der Waals surface area contributed by atoms with Crippen LogP contribution in [0.15, 0.2) is 60.1 Å². The number of ether oxygens (including phenoxy) is 1. The molecular weight excluding hydrogens is 343 g/mol. The summed E-state index contributed by atoms with van der Waals surface area (Å²) in [5, 5.41) is 3.26. The van der Waals surface area contributed by atoms with Crippen LogP contribution in [0, 0.1) is 0 Å². The summed E-state index contributed by atoms with van der Waals surface area (Å²) in [6.07, 6.45) is 5.85. The van der Waals surface area contributed by atoms with Gasteiger partial charge in [-0.15, -0.1) is 13.2 Å². The van der Waals surface area contributed by atoms with Gasteiger partial charge in [-0.1, -0.05) is 13.0 Å². The number of nitrogens with one attached hydrogen (secondary N) is 1. The quantitative estimate of drug-likeness (QED) is 0.793. The molecule has 0 bridgehead atoms. The summed E-state index contributed by atoms with van der Waals surface area (Å²) >= 11 is 0. The maximum atomic E-state index is 12.2. The number of hydrogen-bond acceptors (Lipinski definition) is 4. The first kappa shape index (κ1) is 18.2. The highest BCUT2D eigenvalue weighted by Gasteiger charge is 2.31. The predicted molar refractivity (Wildman–Crippen MR) is 95.2 cm³/mol. The molecule has 1 N–H and O–H groups in total. The monoisotopic (exact) mass is 365 g/mol. The molecule has 0 amide bonds. The smallest absolute Gasteiger partial charge is 0.406 e. The third kappa shape index (κ3) is 4.15. The van der Waals surface area contributed by atoms with E-state index in [-0.39, 0.29) is 11.9 Å². The van der Waals surface area contributed by atoms with Gasteiger partial charge in [0.1, 0.15) is 11.9 Å². The van der Waals surface area contributed by atoms with Crippen molar-refractivity contribution in [1.29, 1.82) is 0 Å². The zero-order valence-electron chi connectivity index (χ0n) is 14.8. The first-order valence-corrected chi connectivity index (χ1v) is 8.56. The van der Waals surface area contributed by atoms with Crippen LogP contribution in [0.2, 0.25) is 0 Å². The highest BCUT2D eigenvalue weighted by molar-refractivity contribution is 5.46. The molecule has 26 heavy (non-hydrogen) atoms. The number of nitrogens with zero attached hydrogens (tertiary/aromatic N) is 2. The predicted octanol–water partition coefficient (Wildman–Crippen LogP) is 4.67. The number of fused-ring (bicyclic) bond motifs is 1. The van der Waals surface area contributed by atoms with E-state index in [9.17, 15) is 13.2 Å². The van der Waals surface area contributed by atoms with Crippen LogP contribution in [0.5, 0.6) is 5.75 Å². The standard InChI is InChI=1S/C19H22F3N3O/c1-3-14-4-9-18-24(2)12-13-25(18)17(14)10-11-23-15-5-7-16(8-6-15)26-19(20,21)22/h4-9,12-13,18,23H,3,10-11H2,1-2H3. The lowest BCUT2D eigenvalue weighted by Gasteiger charge is -2.34. The number of hydrogen-bond donors (Lipinski definition) is 1. The fourth-order valence-electron chi connectivity index (χ4n) is 3.20. The summed E-state index contributed by atoms with van der Waals surface area (Å²) in [5.74, 6) is -0.218. The molecule has 7 heteroatoms. The van der Waals surface area contributed by atoms with Crippen molar-refractivity contribution < 1.29 is 17.9 Å². The molecule has 0 saturated carbocycles. The van der Waals surface area contributed by atoms with Crippen molar-refractivity contribution in [3.63, 3.8) is 0 Å². The Morgan fingerprint density at radius 2 is 1.88 bits per heavy atom. The van der Waals surface area contributed by atoms with E-state index in [2.05, 4.69) is 51.3 Å². The van der Waals surface area contributed by atoms with Crippen molar-refractivity contribution in [3.8, 4) is 5.75 Å². The molecular formula is C19H22F3N3O. The normalized spacial score (nSPS) is 19.2. The van der Waals surface area contributed by atoms with Crippen LogP contribution >= 0.6 is 0 Å². The number of likely N-dealkylation sites (N-methyl/N-ethyl adjacent to an activating group) is 1. The number of halogens is 3. The summed E-state index contributed by atoms with van der Waals surface area (Å²) in [5.41, 5.74) is 3.33. The molecule has 1 aromatic carbocycles. The molecule has 2 aliphatic rings. The Labute approximate surface area is 151 Å². The van der Waals surface area contributed by atoms with Crippen LogP contribution in [0.25, 0.3) is 0 Å². The van der Waals surface area contributed by atoms with Crippen LogP contribution in [-0.2, 0) is 0 Å². The minimum atomic E-state index is -4.67. The van der Waals surface area contributed by atoms with Gasteiger partial charge in [0.15, 0.2) is 0 Å². The van der Waals surface area contributed by atoms with Gasteiger partial charge in [0.25, 0.3) is 0 Å². The highest BCUT2D eigenvalue weighted by Crippen LogP contribution is 2.31. The second-order valence-corrected chi connectivity index (χ2v) is 6.22. The Hall–Kier alpha value is -2.57. The zero-order chi connectivity index (χ0) is 18.7. The van der Waals surface area contributed by atoms with Crippen LogP contribution in [0.3, 0.4) is 0 Å². The van der Waals surface area contributed by atoms with Gasteiger partial charge in [-0.05, 0) is 42.3 Å². The van der Waals surface area contributed by atoms with Gasteiger partial charge < -0.3 is 19.9 Å².